The Balaban J connectivity index is 2.47. The molecular formula is C14H12BrFO. The lowest BCUT2D eigenvalue weighted by molar-refractivity contribution is 0.218. The van der Waals surface area contributed by atoms with Crippen molar-refractivity contribution in [2.24, 2.45) is 0 Å². The van der Waals surface area contributed by atoms with E-state index >= 15 is 0 Å². The highest BCUT2D eigenvalue weighted by molar-refractivity contribution is 9.10. The average molecular weight is 295 g/mol. The van der Waals surface area contributed by atoms with Crippen molar-refractivity contribution in [1.29, 1.82) is 0 Å². The molecule has 88 valence electrons. The van der Waals surface area contributed by atoms with Crippen molar-refractivity contribution in [3.05, 3.63) is 69.4 Å². The monoisotopic (exact) mass is 294 g/mol. The van der Waals surface area contributed by atoms with Gasteiger partial charge in [0.1, 0.15) is 11.9 Å². The molecule has 0 aliphatic carbocycles. The van der Waals surface area contributed by atoms with Crippen molar-refractivity contribution in [3.63, 3.8) is 0 Å². The smallest absolute Gasteiger partial charge is 0.123 e. The summed E-state index contributed by atoms with van der Waals surface area (Å²) in [5.74, 6) is -0.336. The molecule has 1 atom stereocenters. The Morgan fingerprint density at radius 3 is 2.53 bits per heavy atom. The minimum absolute atomic E-state index is 0.336. The van der Waals surface area contributed by atoms with Crippen LogP contribution in [0.15, 0.2) is 46.9 Å². The van der Waals surface area contributed by atoms with Gasteiger partial charge < -0.3 is 5.11 Å². The molecular weight excluding hydrogens is 283 g/mol. The molecule has 2 aromatic rings. The van der Waals surface area contributed by atoms with Crippen molar-refractivity contribution < 1.29 is 9.50 Å². The third-order valence-corrected chi connectivity index (χ3v) is 3.46. The summed E-state index contributed by atoms with van der Waals surface area (Å²) < 4.78 is 14.0. The van der Waals surface area contributed by atoms with E-state index in [2.05, 4.69) is 15.9 Å². The van der Waals surface area contributed by atoms with Gasteiger partial charge in [0.25, 0.3) is 0 Å². The zero-order valence-corrected chi connectivity index (χ0v) is 10.9. The average Bonchev–Trinajstić information content (AvgIpc) is 2.32. The molecule has 17 heavy (non-hydrogen) atoms. The van der Waals surface area contributed by atoms with Gasteiger partial charge in [-0.2, -0.15) is 0 Å². The van der Waals surface area contributed by atoms with E-state index in [0.29, 0.717) is 5.56 Å². The maximum atomic E-state index is 13.2. The Hall–Kier alpha value is -1.19. The van der Waals surface area contributed by atoms with Crippen LogP contribution in [-0.2, 0) is 0 Å². The molecule has 0 spiro atoms. The van der Waals surface area contributed by atoms with Gasteiger partial charge in [0.2, 0.25) is 0 Å². The third kappa shape index (κ3) is 2.56. The second-order valence-corrected chi connectivity index (χ2v) is 4.78. The van der Waals surface area contributed by atoms with Gasteiger partial charge in [0, 0.05) is 4.47 Å². The molecule has 0 heterocycles. The van der Waals surface area contributed by atoms with Crippen LogP contribution in [0.1, 0.15) is 22.8 Å². The van der Waals surface area contributed by atoms with E-state index in [4.69, 9.17) is 0 Å². The highest BCUT2D eigenvalue weighted by atomic mass is 79.9. The molecule has 0 radical (unpaired) electrons. The van der Waals surface area contributed by atoms with Crippen LogP contribution in [0.4, 0.5) is 4.39 Å². The van der Waals surface area contributed by atoms with Crippen molar-refractivity contribution in [3.8, 4) is 0 Å². The first kappa shape index (κ1) is 12.3. The van der Waals surface area contributed by atoms with Gasteiger partial charge in [-0.15, -0.1) is 0 Å². The maximum absolute atomic E-state index is 13.2. The lowest BCUT2D eigenvalue weighted by Crippen LogP contribution is -2.03. The van der Waals surface area contributed by atoms with Crippen LogP contribution in [-0.4, -0.2) is 5.11 Å². The molecule has 0 bridgehead atoms. The lowest BCUT2D eigenvalue weighted by atomic mass is 9.97. The number of halogens is 2. The zero-order chi connectivity index (χ0) is 12.4. The molecule has 0 aliphatic heterocycles. The molecule has 0 fully saturated rings. The highest BCUT2D eigenvalue weighted by Gasteiger charge is 2.15. The molecule has 0 saturated carbocycles. The summed E-state index contributed by atoms with van der Waals surface area (Å²) in [6, 6.07) is 11.8. The maximum Gasteiger partial charge on any atom is 0.123 e. The number of rotatable bonds is 2. The van der Waals surface area contributed by atoms with Gasteiger partial charge in [-0.3, -0.25) is 0 Å². The fraction of sp³-hybridized carbons (Fsp3) is 0.143. The number of hydrogen-bond acceptors (Lipinski definition) is 1. The number of aliphatic hydroxyl groups excluding tert-OH is 1. The topological polar surface area (TPSA) is 20.2 Å². The van der Waals surface area contributed by atoms with E-state index < -0.39 is 6.10 Å². The largest absolute Gasteiger partial charge is 0.384 e. The molecule has 0 unspecified atom stereocenters. The molecule has 2 aromatic carbocycles. The van der Waals surface area contributed by atoms with Crippen molar-refractivity contribution in [1.82, 2.24) is 0 Å². The van der Waals surface area contributed by atoms with Crippen molar-refractivity contribution in [2.75, 3.05) is 0 Å². The van der Waals surface area contributed by atoms with Crippen LogP contribution in [0, 0.1) is 12.7 Å². The minimum Gasteiger partial charge on any atom is -0.384 e. The standard InChI is InChI=1S/C14H12BrFO/c1-9-6-7-10(16)8-12(9)14(17)11-4-2-3-5-13(11)15/h2-8,14,17H,1H3/t14-/m0/s1. The molecule has 0 aromatic heterocycles. The summed E-state index contributed by atoms with van der Waals surface area (Å²) in [6.45, 7) is 1.86. The Kier molecular flexibility index (Phi) is 3.60. The summed E-state index contributed by atoms with van der Waals surface area (Å²) in [5, 5.41) is 10.3. The quantitative estimate of drug-likeness (QED) is 0.888. The van der Waals surface area contributed by atoms with Crippen LogP contribution in [0.5, 0.6) is 0 Å². The molecule has 1 nitrogen and oxygen atoms in total. The Morgan fingerprint density at radius 1 is 1.12 bits per heavy atom. The van der Waals surface area contributed by atoms with Gasteiger partial charge >= 0.3 is 0 Å². The SMILES string of the molecule is Cc1ccc(F)cc1[C@@H](O)c1ccccc1Br. The summed E-state index contributed by atoms with van der Waals surface area (Å²) in [7, 11) is 0. The van der Waals surface area contributed by atoms with Crippen LogP contribution in [0.25, 0.3) is 0 Å². The number of aliphatic hydroxyl groups is 1. The molecule has 0 saturated heterocycles. The van der Waals surface area contributed by atoms with E-state index in [-0.39, 0.29) is 5.82 Å². The summed E-state index contributed by atoms with van der Waals surface area (Å²) in [4.78, 5) is 0. The van der Waals surface area contributed by atoms with E-state index in [0.717, 1.165) is 15.6 Å². The minimum atomic E-state index is -0.818. The van der Waals surface area contributed by atoms with E-state index in [1.807, 2.05) is 31.2 Å². The van der Waals surface area contributed by atoms with E-state index in [1.54, 1.807) is 6.07 Å². The van der Waals surface area contributed by atoms with Crippen LogP contribution in [0.3, 0.4) is 0 Å². The first-order chi connectivity index (χ1) is 8.09. The number of hydrogen-bond donors (Lipinski definition) is 1. The molecule has 0 amide bonds. The Morgan fingerprint density at radius 2 is 1.82 bits per heavy atom. The summed E-state index contributed by atoms with van der Waals surface area (Å²) >= 11 is 3.38. The molecule has 2 rings (SSSR count). The van der Waals surface area contributed by atoms with Gasteiger partial charge in [-0.25, -0.2) is 4.39 Å². The predicted octanol–water partition coefficient (Wildman–Crippen LogP) is 3.98. The molecule has 1 N–H and O–H groups in total. The van der Waals surface area contributed by atoms with Gasteiger partial charge in [-0.05, 0) is 41.8 Å². The predicted molar refractivity (Wildman–Crippen MR) is 69.3 cm³/mol. The number of benzene rings is 2. The normalized spacial score (nSPS) is 12.5. The van der Waals surface area contributed by atoms with Gasteiger partial charge in [0.05, 0.1) is 0 Å². The van der Waals surface area contributed by atoms with E-state index in [9.17, 15) is 9.50 Å². The van der Waals surface area contributed by atoms with Gasteiger partial charge in [0.15, 0.2) is 0 Å². The highest BCUT2D eigenvalue weighted by Crippen LogP contribution is 2.30. The number of aryl methyl sites for hydroxylation is 1. The Labute approximate surface area is 108 Å². The lowest BCUT2D eigenvalue weighted by Gasteiger charge is -2.15. The zero-order valence-electron chi connectivity index (χ0n) is 9.32. The van der Waals surface area contributed by atoms with Crippen LogP contribution < -0.4 is 0 Å². The first-order valence-corrected chi connectivity index (χ1v) is 6.07. The second-order valence-electron chi connectivity index (χ2n) is 3.92. The summed E-state index contributed by atoms with van der Waals surface area (Å²) in [5.41, 5.74) is 2.20. The fourth-order valence-corrected chi connectivity index (χ4v) is 2.27. The van der Waals surface area contributed by atoms with E-state index in [1.165, 1.54) is 12.1 Å². The van der Waals surface area contributed by atoms with Crippen molar-refractivity contribution >= 4 is 15.9 Å². The third-order valence-electron chi connectivity index (χ3n) is 2.74. The first-order valence-electron chi connectivity index (χ1n) is 5.28. The fourth-order valence-electron chi connectivity index (χ4n) is 1.77. The van der Waals surface area contributed by atoms with Crippen LogP contribution >= 0.6 is 15.9 Å². The second kappa shape index (κ2) is 4.98. The van der Waals surface area contributed by atoms with Gasteiger partial charge in [-0.1, -0.05) is 40.2 Å². The molecule has 3 heteroatoms. The molecule has 0 aliphatic rings. The van der Waals surface area contributed by atoms with Crippen molar-refractivity contribution in [2.45, 2.75) is 13.0 Å². The summed E-state index contributed by atoms with van der Waals surface area (Å²) in [6.07, 6.45) is -0.818. The van der Waals surface area contributed by atoms with Crippen LogP contribution in [0.2, 0.25) is 0 Å². The Bertz CT molecular complexity index is 539.